The Labute approximate surface area is 107 Å². The maximum Gasteiger partial charge on any atom is 0.0991 e. The molecule has 3 nitrogen and oxygen atoms in total. The van der Waals surface area contributed by atoms with Gasteiger partial charge in [-0.1, -0.05) is 12.8 Å². The Morgan fingerprint density at radius 1 is 1.22 bits per heavy atom. The first kappa shape index (κ1) is 11.0. The van der Waals surface area contributed by atoms with Crippen LogP contribution in [-0.4, -0.2) is 9.78 Å². The fourth-order valence-corrected chi connectivity index (χ4v) is 2.09. The molecule has 0 saturated heterocycles. The van der Waals surface area contributed by atoms with Crippen LogP contribution in [0.25, 0.3) is 5.69 Å². The highest BCUT2D eigenvalue weighted by Gasteiger charge is 2.20. The van der Waals surface area contributed by atoms with Gasteiger partial charge in [-0.3, -0.25) is 0 Å². The summed E-state index contributed by atoms with van der Waals surface area (Å²) in [5, 5.41) is 13.3. The number of nitrogens with zero attached hydrogens (tertiary/aromatic N) is 3. The highest BCUT2D eigenvalue weighted by molar-refractivity contribution is 5.38. The first-order valence-electron chi connectivity index (χ1n) is 6.40. The van der Waals surface area contributed by atoms with Crippen LogP contribution in [-0.2, 0) is 6.42 Å². The number of benzene rings is 1. The minimum Gasteiger partial charge on any atom is -0.241 e. The van der Waals surface area contributed by atoms with E-state index in [9.17, 15) is 0 Å². The molecule has 90 valence electrons. The van der Waals surface area contributed by atoms with Crippen molar-refractivity contribution >= 4 is 0 Å². The van der Waals surface area contributed by atoms with E-state index < -0.39 is 0 Å². The smallest absolute Gasteiger partial charge is 0.0991 e. The Morgan fingerprint density at radius 3 is 2.67 bits per heavy atom. The van der Waals surface area contributed by atoms with Gasteiger partial charge in [0.05, 0.1) is 23.0 Å². The summed E-state index contributed by atoms with van der Waals surface area (Å²) >= 11 is 0. The van der Waals surface area contributed by atoms with Crippen LogP contribution >= 0.6 is 0 Å². The zero-order valence-corrected chi connectivity index (χ0v) is 10.2. The van der Waals surface area contributed by atoms with Crippen LogP contribution < -0.4 is 0 Å². The molecule has 1 aromatic heterocycles. The molecule has 3 rings (SSSR count). The SMILES string of the molecule is N#Cc1ccc(-n2ccc(CCC3CC3)n2)cc1. The summed E-state index contributed by atoms with van der Waals surface area (Å²) in [5.74, 6) is 0.949. The third kappa shape index (κ3) is 2.43. The molecule has 3 heteroatoms. The minimum atomic E-state index is 0.680. The first-order chi connectivity index (χ1) is 8.85. The van der Waals surface area contributed by atoms with Crippen LogP contribution in [0.3, 0.4) is 0 Å². The fourth-order valence-electron chi connectivity index (χ4n) is 2.09. The molecule has 1 fully saturated rings. The number of hydrogen-bond acceptors (Lipinski definition) is 2. The maximum atomic E-state index is 8.76. The van der Waals surface area contributed by atoms with E-state index in [2.05, 4.69) is 17.2 Å². The lowest BCUT2D eigenvalue weighted by molar-refractivity contribution is 0.702. The van der Waals surface area contributed by atoms with Gasteiger partial charge in [0.2, 0.25) is 0 Å². The van der Waals surface area contributed by atoms with Gasteiger partial charge in [-0.25, -0.2) is 4.68 Å². The third-order valence-corrected chi connectivity index (χ3v) is 3.41. The molecule has 0 spiro atoms. The summed E-state index contributed by atoms with van der Waals surface area (Å²) in [6.45, 7) is 0. The Bertz CT molecular complexity index is 571. The lowest BCUT2D eigenvalue weighted by Crippen LogP contribution is -1.96. The van der Waals surface area contributed by atoms with Crippen LogP contribution in [0.2, 0.25) is 0 Å². The Kier molecular flexibility index (Phi) is 2.85. The topological polar surface area (TPSA) is 41.6 Å². The summed E-state index contributed by atoms with van der Waals surface area (Å²) in [5.41, 5.74) is 2.85. The predicted molar refractivity (Wildman–Crippen MR) is 69.3 cm³/mol. The standard InChI is InChI=1S/C15H15N3/c16-11-13-4-7-15(8-5-13)18-10-9-14(17-18)6-3-12-1-2-12/h4-5,7-10,12H,1-3,6H2. The highest BCUT2D eigenvalue weighted by atomic mass is 15.3. The number of hydrogen-bond donors (Lipinski definition) is 0. The molecule has 1 aromatic carbocycles. The van der Waals surface area contributed by atoms with Gasteiger partial charge in [0, 0.05) is 6.20 Å². The number of aromatic nitrogens is 2. The van der Waals surface area contributed by atoms with Crippen molar-refractivity contribution < 1.29 is 0 Å². The van der Waals surface area contributed by atoms with Gasteiger partial charge >= 0.3 is 0 Å². The zero-order valence-electron chi connectivity index (χ0n) is 10.2. The number of nitriles is 1. The van der Waals surface area contributed by atoms with Gasteiger partial charge in [0.1, 0.15) is 0 Å². The number of rotatable bonds is 4. The third-order valence-electron chi connectivity index (χ3n) is 3.41. The van der Waals surface area contributed by atoms with E-state index >= 15 is 0 Å². The van der Waals surface area contributed by atoms with Crippen molar-refractivity contribution in [3.05, 3.63) is 47.8 Å². The first-order valence-corrected chi connectivity index (χ1v) is 6.40. The molecule has 0 atom stereocenters. The van der Waals surface area contributed by atoms with E-state index in [0.29, 0.717) is 5.56 Å². The van der Waals surface area contributed by atoms with Crippen LogP contribution in [0.1, 0.15) is 30.5 Å². The second-order valence-corrected chi connectivity index (χ2v) is 4.89. The van der Waals surface area contributed by atoms with Crippen molar-refractivity contribution in [3.8, 4) is 11.8 Å². The zero-order chi connectivity index (χ0) is 12.4. The van der Waals surface area contributed by atoms with Crippen LogP contribution in [0.5, 0.6) is 0 Å². The van der Waals surface area contributed by atoms with Crippen LogP contribution in [0.15, 0.2) is 36.5 Å². The molecule has 1 aliphatic rings. The quantitative estimate of drug-likeness (QED) is 0.820. The monoisotopic (exact) mass is 237 g/mol. The van der Waals surface area contributed by atoms with Crippen molar-refractivity contribution in [2.75, 3.05) is 0 Å². The summed E-state index contributed by atoms with van der Waals surface area (Å²) < 4.78 is 1.88. The number of aryl methyl sites for hydroxylation is 1. The Balaban J connectivity index is 1.72. The molecule has 1 saturated carbocycles. The van der Waals surface area contributed by atoms with Gasteiger partial charge in [-0.15, -0.1) is 0 Å². The van der Waals surface area contributed by atoms with Gasteiger partial charge in [0.15, 0.2) is 0 Å². The fraction of sp³-hybridized carbons (Fsp3) is 0.333. The molecule has 2 aromatic rings. The lowest BCUT2D eigenvalue weighted by atomic mass is 10.2. The molecule has 0 N–H and O–H groups in total. The van der Waals surface area contributed by atoms with E-state index in [1.807, 2.05) is 35.1 Å². The normalized spacial score (nSPS) is 14.4. The van der Waals surface area contributed by atoms with Crippen LogP contribution in [0.4, 0.5) is 0 Å². The molecular weight excluding hydrogens is 222 g/mol. The van der Waals surface area contributed by atoms with Gasteiger partial charge < -0.3 is 0 Å². The molecule has 0 radical (unpaired) electrons. The van der Waals surface area contributed by atoms with Crippen molar-refractivity contribution in [1.29, 1.82) is 5.26 Å². The average molecular weight is 237 g/mol. The van der Waals surface area contributed by atoms with Crippen LogP contribution in [0, 0.1) is 17.2 Å². The molecule has 1 aliphatic carbocycles. The summed E-state index contributed by atoms with van der Waals surface area (Å²) in [4.78, 5) is 0. The average Bonchev–Trinajstić information content (AvgIpc) is 3.14. The minimum absolute atomic E-state index is 0.680. The molecule has 1 heterocycles. The van der Waals surface area contributed by atoms with Crippen molar-refractivity contribution in [1.82, 2.24) is 9.78 Å². The van der Waals surface area contributed by atoms with Gasteiger partial charge in [-0.05, 0) is 49.1 Å². The van der Waals surface area contributed by atoms with E-state index in [1.54, 1.807) is 0 Å². The molecule has 0 amide bonds. The van der Waals surface area contributed by atoms with E-state index in [4.69, 9.17) is 5.26 Å². The maximum absolute atomic E-state index is 8.76. The molecule has 0 bridgehead atoms. The molecule has 0 unspecified atom stereocenters. The van der Waals surface area contributed by atoms with E-state index in [0.717, 1.165) is 23.7 Å². The van der Waals surface area contributed by atoms with E-state index in [-0.39, 0.29) is 0 Å². The summed E-state index contributed by atoms with van der Waals surface area (Å²) in [6, 6.07) is 11.7. The molecule has 0 aliphatic heterocycles. The Hall–Kier alpha value is -2.08. The van der Waals surface area contributed by atoms with Crippen molar-refractivity contribution in [2.24, 2.45) is 5.92 Å². The summed E-state index contributed by atoms with van der Waals surface area (Å²) in [7, 11) is 0. The lowest BCUT2D eigenvalue weighted by Gasteiger charge is -2.00. The van der Waals surface area contributed by atoms with Crippen molar-refractivity contribution in [2.45, 2.75) is 25.7 Å². The predicted octanol–water partition coefficient (Wildman–Crippen LogP) is 3.09. The molecule has 18 heavy (non-hydrogen) atoms. The second-order valence-electron chi connectivity index (χ2n) is 4.89. The van der Waals surface area contributed by atoms with Gasteiger partial charge in [0.25, 0.3) is 0 Å². The largest absolute Gasteiger partial charge is 0.241 e. The van der Waals surface area contributed by atoms with Crippen molar-refractivity contribution in [3.63, 3.8) is 0 Å². The highest BCUT2D eigenvalue weighted by Crippen LogP contribution is 2.33. The second kappa shape index (κ2) is 4.66. The summed E-state index contributed by atoms with van der Waals surface area (Å²) in [6.07, 6.45) is 7.13. The van der Waals surface area contributed by atoms with E-state index in [1.165, 1.54) is 19.3 Å². The molecular formula is C15H15N3. The van der Waals surface area contributed by atoms with Gasteiger partial charge in [-0.2, -0.15) is 10.4 Å². The Morgan fingerprint density at radius 2 is 2.00 bits per heavy atom.